The van der Waals surface area contributed by atoms with Gasteiger partial charge in [0.15, 0.2) is 0 Å². The van der Waals surface area contributed by atoms with Gasteiger partial charge in [-0.05, 0) is 51.2 Å². The minimum Gasteiger partial charge on any atom is -0.394 e. The number of nitrogens with one attached hydrogen (secondary N) is 1. The summed E-state index contributed by atoms with van der Waals surface area (Å²) in [6, 6.07) is 0.726. The van der Waals surface area contributed by atoms with Gasteiger partial charge in [0.1, 0.15) is 0 Å². The molecule has 3 rings (SSSR count). The molecule has 2 fully saturated rings. The summed E-state index contributed by atoms with van der Waals surface area (Å²) in [7, 11) is 0. The second-order valence-electron chi connectivity index (χ2n) is 6.24. The van der Waals surface area contributed by atoms with Crippen molar-refractivity contribution in [3.8, 4) is 0 Å². The van der Waals surface area contributed by atoms with Crippen molar-refractivity contribution in [3.63, 3.8) is 0 Å². The molecule has 1 aliphatic heterocycles. The van der Waals surface area contributed by atoms with Crippen LogP contribution in [0.3, 0.4) is 0 Å². The minimum absolute atomic E-state index is 0.152. The standard InChI is InChI=1S/C15H26N4O/c20-8-7-19-12-14(10-17-19)11-18-5-3-15(4-6-18)16-9-13-1-2-13/h10,12-13,15-16,20H,1-9,11H2. The van der Waals surface area contributed by atoms with Crippen molar-refractivity contribution in [2.24, 2.45) is 5.92 Å². The van der Waals surface area contributed by atoms with Crippen LogP contribution in [0.5, 0.6) is 0 Å². The number of aromatic nitrogens is 2. The van der Waals surface area contributed by atoms with Gasteiger partial charge in [0.2, 0.25) is 0 Å². The van der Waals surface area contributed by atoms with Crippen molar-refractivity contribution < 1.29 is 5.11 Å². The summed E-state index contributed by atoms with van der Waals surface area (Å²) in [5.41, 5.74) is 1.25. The molecule has 20 heavy (non-hydrogen) atoms. The number of likely N-dealkylation sites (tertiary alicyclic amines) is 1. The van der Waals surface area contributed by atoms with Gasteiger partial charge in [-0.15, -0.1) is 0 Å². The monoisotopic (exact) mass is 278 g/mol. The van der Waals surface area contributed by atoms with Crippen molar-refractivity contribution in [2.45, 2.75) is 44.8 Å². The highest BCUT2D eigenvalue weighted by Crippen LogP contribution is 2.28. The summed E-state index contributed by atoms with van der Waals surface area (Å²) in [5, 5.41) is 16.9. The fraction of sp³-hybridized carbons (Fsp3) is 0.800. The Morgan fingerprint density at radius 2 is 2.05 bits per heavy atom. The number of piperidine rings is 1. The van der Waals surface area contributed by atoms with Crippen molar-refractivity contribution in [1.82, 2.24) is 20.0 Å². The van der Waals surface area contributed by atoms with Gasteiger partial charge in [0.05, 0.1) is 19.3 Å². The first-order valence-electron chi connectivity index (χ1n) is 7.91. The van der Waals surface area contributed by atoms with Crippen LogP contribution >= 0.6 is 0 Å². The molecule has 2 N–H and O–H groups in total. The van der Waals surface area contributed by atoms with E-state index in [4.69, 9.17) is 5.11 Å². The molecule has 0 atom stereocenters. The number of rotatable bonds is 7. The molecule has 1 saturated heterocycles. The Kier molecular flexibility index (Phi) is 4.70. The Bertz CT molecular complexity index is 408. The fourth-order valence-corrected chi connectivity index (χ4v) is 2.92. The first kappa shape index (κ1) is 14.0. The molecule has 0 spiro atoms. The molecule has 0 unspecified atom stereocenters. The van der Waals surface area contributed by atoms with Crippen molar-refractivity contribution >= 4 is 0 Å². The zero-order valence-corrected chi connectivity index (χ0v) is 12.2. The average Bonchev–Trinajstić information content (AvgIpc) is 3.19. The van der Waals surface area contributed by atoms with E-state index in [1.807, 2.05) is 17.1 Å². The van der Waals surface area contributed by atoms with Gasteiger partial charge in [0.25, 0.3) is 0 Å². The van der Waals surface area contributed by atoms with Crippen LogP contribution in [0.1, 0.15) is 31.2 Å². The van der Waals surface area contributed by atoms with Crippen LogP contribution in [-0.4, -0.2) is 52.1 Å². The molecule has 2 aliphatic rings. The molecule has 0 aromatic carbocycles. The van der Waals surface area contributed by atoms with Gasteiger partial charge >= 0.3 is 0 Å². The van der Waals surface area contributed by atoms with Crippen LogP contribution in [0.2, 0.25) is 0 Å². The van der Waals surface area contributed by atoms with Gasteiger partial charge in [-0.25, -0.2) is 0 Å². The van der Waals surface area contributed by atoms with E-state index in [1.165, 1.54) is 50.9 Å². The topological polar surface area (TPSA) is 53.3 Å². The van der Waals surface area contributed by atoms with E-state index in [9.17, 15) is 0 Å². The summed E-state index contributed by atoms with van der Waals surface area (Å²) in [6.45, 7) is 5.31. The largest absolute Gasteiger partial charge is 0.394 e. The highest BCUT2D eigenvalue weighted by molar-refractivity contribution is 5.04. The van der Waals surface area contributed by atoms with Crippen LogP contribution < -0.4 is 5.32 Å². The zero-order chi connectivity index (χ0) is 13.8. The van der Waals surface area contributed by atoms with Crippen LogP contribution in [0.15, 0.2) is 12.4 Å². The van der Waals surface area contributed by atoms with E-state index in [0.29, 0.717) is 6.54 Å². The molecule has 1 aromatic heterocycles. The molecule has 2 heterocycles. The van der Waals surface area contributed by atoms with Crippen molar-refractivity contribution in [1.29, 1.82) is 0 Å². The van der Waals surface area contributed by atoms with Gasteiger partial charge in [-0.2, -0.15) is 5.10 Å². The van der Waals surface area contributed by atoms with Crippen LogP contribution in [0.25, 0.3) is 0 Å². The Balaban J connectivity index is 1.38. The first-order valence-corrected chi connectivity index (χ1v) is 7.91. The lowest BCUT2D eigenvalue weighted by Crippen LogP contribution is -2.42. The Morgan fingerprint density at radius 1 is 1.25 bits per heavy atom. The molecule has 1 aromatic rings. The molecule has 5 heteroatoms. The average molecular weight is 278 g/mol. The Morgan fingerprint density at radius 3 is 2.75 bits per heavy atom. The number of nitrogens with zero attached hydrogens (tertiary/aromatic N) is 3. The summed E-state index contributed by atoms with van der Waals surface area (Å²) in [5.74, 6) is 0.977. The highest BCUT2D eigenvalue weighted by atomic mass is 16.3. The molecule has 112 valence electrons. The number of hydrogen-bond acceptors (Lipinski definition) is 4. The minimum atomic E-state index is 0.152. The molecule has 0 radical (unpaired) electrons. The summed E-state index contributed by atoms with van der Waals surface area (Å²) in [4.78, 5) is 2.51. The Labute approximate surface area is 121 Å². The van der Waals surface area contributed by atoms with E-state index in [0.717, 1.165) is 18.5 Å². The van der Waals surface area contributed by atoms with Gasteiger partial charge in [-0.3, -0.25) is 9.58 Å². The lowest BCUT2D eigenvalue weighted by atomic mass is 10.0. The van der Waals surface area contributed by atoms with E-state index in [1.54, 1.807) is 0 Å². The van der Waals surface area contributed by atoms with Crippen LogP contribution in [0.4, 0.5) is 0 Å². The lowest BCUT2D eigenvalue weighted by molar-refractivity contribution is 0.190. The van der Waals surface area contributed by atoms with E-state index < -0.39 is 0 Å². The number of hydrogen-bond donors (Lipinski definition) is 2. The third-order valence-electron chi connectivity index (χ3n) is 4.40. The smallest absolute Gasteiger partial charge is 0.0640 e. The van der Waals surface area contributed by atoms with Crippen LogP contribution in [0, 0.1) is 5.92 Å². The van der Waals surface area contributed by atoms with Gasteiger partial charge in [-0.1, -0.05) is 0 Å². The molecular formula is C15H26N4O. The molecule has 0 bridgehead atoms. The predicted molar refractivity (Wildman–Crippen MR) is 78.3 cm³/mol. The number of aliphatic hydroxyl groups excluding tert-OH is 1. The number of aliphatic hydroxyl groups is 1. The summed E-state index contributed by atoms with van der Waals surface area (Å²) < 4.78 is 1.82. The summed E-state index contributed by atoms with van der Waals surface area (Å²) in [6.07, 6.45) is 9.36. The summed E-state index contributed by atoms with van der Waals surface area (Å²) >= 11 is 0. The van der Waals surface area contributed by atoms with Gasteiger partial charge in [0, 0.05) is 24.3 Å². The van der Waals surface area contributed by atoms with E-state index >= 15 is 0 Å². The SMILES string of the molecule is OCCn1cc(CN2CCC(NCC3CC3)CC2)cn1. The second kappa shape index (κ2) is 6.70. The molecule has 5 nitrogen and oxygen atoms in total. The molecule has 1 saturated carbocycles. The fourth-order valence-electron chi connectivity index (χ4n) is 2.92. The molecule has 0 amide bonds. The van der Waals surface area contributed by atoms with Gasteiger partial charge < -0.3 is 10.4 Å². The van der Waals surface area contributed by atoms with E-state index in [2.05, 4.69) is 15.3 Å². The molecule has 1 aliphatic carbocycles. The van der Waals surface area contributed by atoms with Crippen molar-refractivity contribution in [2.75, 3.05) is 26.2 Å². The van der Waals surface area contributed by atoms with Crippen molar-refractivity contribution in [3.05, 3.63) is 18.0 Å². The third kappa shape index (κ3) is 4.04. The first-order chi connectivity index (χ1) is 9.83. The maximum atomic E-state index is 8.90. The highest BCUT2D eigenvalue weighted by Gasteiger charge is 2.24. The third-order valence-corrected chi connectivity index (χ3v) is 4.40. The predicted octanol–water partition coefficient (Wildman–Crippen LogP) is 0.839. The maximum absolute atomic E-state index is 8.90. The molecular weight excluding hydrogens is 252 g/mol. The van der Waals surface area contributed by atoms with E-state index in [-0.39, 0.29) is 6.61 Å². The second-order valence-corrected chi connectivity index (χ2v) is 6.24. The quantitative estimate of drug-likeness (QED) is 0.776. The zero-order valence-electron chi connectivity index (χ0n) is 12.2. The van der Waals surface area contributed by atoms with Crippen LogP contribution in [-0.2, 0) is 13.1 Å². The normalized spacial score (nSPS) is 21.4. The lowest BCUT2D eigenvalue weighted by Gasteiger charge is -2.32. The maximum Gasteiger partial charge on any atom is 0.0640 e. The Hall–Kier alpha value is -0.910.